The van der Waals surface area contributed by atoms with Gasteiger partial charge in [0.05, 0.1) is 12.1 Å². The number of nitrogens with one attached hydrogen (secondary N) is 2. The van der Waals surface area contributed by atoms with Crippen LogP contribution in [-0.2, 0) is 15.9 Å². The SMILES string of the molecule is C1CCOC1.CCCOC.CNC[C@@H](O)C(Cc1ccccc1)NC(=O)O. The zero-order valence-electron chi connectivity index (χ0n) is 16.8. The first kappa shape index (κ1) is 25.3. The van der Waals surface area contributed by atoms with E-state index in [0.29, 0.717) is 13.0 Å². The van der Waals surface area contributed by atoms with Crippen molar-refractivity contribution in [2.75, 3.05) is 40.5 Å². The van der Waals surface area contributed by atoms with E-state index in [4.69, 9.17) is 14.6 Å². The molecule has 1 unspecified atom stereocenters. The number of amides is 1. The molecule has 1 aliphatic rings. The molecule has 0 aromatic heterocycles. The van der Waals surface area contributed by atoms with E-state index in [9.17, 15) is 9.90 Å². The Morgan fingerprint density at radius 3 is 2.26 bits per heavy atom. The molecule has 7 heteroatoms. The molecule has 2 atom stereocenters. The molecule has 27 heavy (non-hydrogen) atoms. The third-order valence-corrected chi connectivity index (χ3v) is 3.72. The normalized spacial score (nSPS) is 14.8. The summed E-state index contributed by atoms with van der Waals surface area (Å²) >= 11 is 0. The highest BCUT2D eigenvalue weighted by Crippen LogP contribution is 2.06. The second kappa shape index (κ2) is 17.7. The van der Waals surface area contributed by atoms with Gasteiger partial charge < -0.3 is 30.3 Å². The average Bonchev–Trinajstić information content (AvgIpc) is 3.23. The van der Waals surface area contributed by atoms with Crippen LogP contribution in [-0.4, -0.2) is 69.0 Å². The Morgan fingerprint density at radius 1 is 1.26 bits per heavy atom. The molecule has 7 nitrogen and oxygen atoms in total. The molecule has 0 aliphatic carbocycles. The summed E-state index contributed by atoms with van der Waals surface area (Å²) in [4.78, 5) is 10.7. The molecule has 0 saturated carbocycles. The van der Waals surface area contributed by atoms with Crippen molar-refractivity contribution < 1.29 is 24.5 Å². The maximum absolute atomic E-state index is 10.7. The van der Waals surface area contributed by atoms with Crippen LogP contribution in [0, 0.1) is 0 Å². The summed E-state index contributed by atoms with van der Waals surface area (Å²) in [5.41, 5.74) is 0.987. The molecule has 1 aliphatic heterocycles. The second-order valence-corrected chi connectivity index (χ2v) is 6.18. The lowest BCUT2D eigenvalue weighted by molar-refractivity contribution is 0.119. The van der Waals surface area contributed by atoms with Crippen molar-refractivity contribution in [1.29, 1.82) is 0 Å². The molecule has 1 saturated heterocycles. The number of rotatable bonds is 8. The van der Waals surface area contributed by atoms with E-state index in [1.54, 1.807) is 14.2 Å². The fourth-order valence-corrected chi connectivity index (χ4v) is 2.38. The molecule has 0 bridgehead atoms. The van der Waals surface area contributed by atoms with Crippen LogP contribution in [0.25, 0.3) is 0 Å². The van der Waals surface area contributed by atoms with Crippen molar-refractivity contribution in [3.05, 3.63) is 35.9 Å². The molecular weight excluding hydrogens is 348 g/mol. The van der Waals surface area contributed by atoms with Gasteiger partial charge in [0.25, 0.3) is 0 Å². The van der Waals surface area contributed by atoms with Gasteiger partial charge in [-0.3, -0.25) is 0 Å². The minimum absolute atomic E-state index is 0.345. The number of likely N-dealkylation sites (N-methyl/N-ethyl adjacent to an activating group) is 1. The quantitative estimate of drug-likeness (QED) is 0.549. The van der Waals surface area contributed by atoms with Crippen LogP contribution < -0.4 is 10.6 Å². The van der Waals surface area contributed by atoms with Crippen LogP contribution in [0.1, 0.15) is 31.7 Å². The lowest BCUT2D eigenvalue weighted by Gasteiger charge is -2.22. The zero-order chi connectivity index (χ0) is 20.3. The highest BCUT2D eigenvalue weighted by molar-refractivity contribution is 5.65. The van der Waals surface area contributed by atoms with Crippen molar-refractivity contribution in [3.63, 3.8) is 0 Å². The molecule has 156 valence electrons. The van der Waals surface area contributed by atoms with Gasteiger partial charge in [-0.2, -0.15) is 0 Å². The number of aliphatic hydroxyl groups excluding tert-OH is 1. The molecule has 0 spiro atoms. The van der Waals surface area contributed by atoms with Crippen LogP contribution in [0.3, 0.4) is 0 Å². The van der Waals surface area contributed by atoms with Crippen LogP contribution in [0.4, 0.5) is 4.79 Å². The summed E-state index contributed by atoms with van der Waals surface area (Å²) in [6, 6.07) is 8.97. The summed E-state index contributed by atoms with van der Waals surface area (Å²) in [5, 5.41) is 23.7. The molecule has 1 amide bonds. The summed E-state index contributed by atoms with van der Waals surface area (Å²) in [6.45, 7) is 5.32. The minimum atomic E-state index is -1.12. The van der Waals surface area contributed by atoms with Crippen LogP contribution >= 0.6 is 0 Å². The Morgan fingerprint density at radius 2 is 1.89 bits per heavy atom. The maximum atomic E-state index is 10.7. The Hall–Kier alpha value is -1.67. The van der Waals surface area contributed by atoms with Crippen molar-refractivity contribution >= 4 is 6.09 Å². The third kappa shape index (κ3) is 15.1. The number of carbonyl (C=O) groups is 1. The van der Waals surface area contributed by atoms with Gasteiger partial charge in [0.2, 0.25) is 0 Å². The molecular formula is C20H36N2O5. The number of benzene rings is 1. The molecule has 1 fully saturated rings. The zero-order valence-corrected chi connectivity index (χ0v) is 16.8. The van der Waals surface area contributed by atoms with E-state index < -0.39 is 18.2 Å². The summed E-state index contributed by atoms with van der Waals surface area (Å²) in [7, 11) is 3.42. The number of hydrogen-bond acceptors (Lipinski definition) is 5. The Labute approximate surface area is 163 Å². The summed E-state index contributed by atoms with van der Waals surface area (Å²) < 4.78 is 9.64. The van der Waals surface area contributed by atoms with Crippen molar-refractivity contribution in [1.82, 2.24) is 10.6 Å². The standard InChI is InChI=1S/C12H18N2O3.C4H8O.C4H10O/c1-13-8-11(15)10(14-12(16)17)7-9-5-3-2-4-6-9;1-2-4-5-3-1;1-3-4-5-2/h2-6,10-11,13-15H,7-8H2,1H3,(H,16,17);1-4H2;3-4H2,1-2H3/t10?,11-;;/m1../s1. The number of methoxy groups -OCH3 is 1. The molecule has 1 aromatic carbocycles. The van der Waals surface area contributed by atoms with Gasteiger partial charge >= 0.3 is 6.09 Å². The summed E-state index contributed by atoms with van der Waals surface area (Å²) in [5.74, 6) is 0. The maximum Gasteiger partial charge on any atom is 0.404 e. The second-order valence-electron chi connectivity index (χ2n) is 6.18. The highest BCUT2D eigenvalue weighted by Gasteiger charge is 2.20. The van der Waals surface area contributed by atoms with Gasteiger partial charge in [0.1, 0.15) is 0 Å². The van der Waals surface area contributed by atoms with Gasteiger partial charge in [-0.25, -0.2) is 4.79 Å². The van der Waals surface area contributed by atoms with E-state index in [0.717, 1.165) is 31.8 Å². The predicted molar refractivity (Wildman–Crippen MR) is 107 cm³/mol. The van der Waals surface area contributed by atoms with E-state index in [1.807, 2.05) is 30.3 Å². The van der Waals surface area contributed by atoms with Crippen LogP contribution in [0.2, 0.25) is 0 Å². The number of hydrogen-bond donors (Lipinski definition) is 4. The minimum Gasteiger partial charge on any atom is -0.465 e. The molecule has 4 N–H and O–H groups in total. The third-order valence-electron chi connectivity index (χ3n) is 3.72. The Balaban J connectivity index is 0.000000548. The van der Waals surface area contributed by atoms with E-state index in [-0.39, 0.29) is 0 Å². The van der Waals surface area contributed by atoms with Crippen molar-refractivity contribution in [3.8, 4) is 0 Å². The van der Waals surface area contributed by atoms with Gasteiger partial charge in [-0.1, -0.05) is 37.3 Å². The van der Waals surface area contributed by atoms with Gasteiger partial charge in [-0.05, 0) is 38.3 Å². The lowest BCUT2D eigenvalue weighted by Crippen LogP contribution is -2.47. The number of carboxylic acid groups (broad SMARTS) is 1. The summed E-state index contributed by atoms with van der Waals surface area (Å²) in [6.07, 6.45) is 2.27. The Bertz CT molecular complexity index is 445. The predicted octanol–water partition coefficient (Wildman–Crippen LogP) is 2.29. The van der Waals surface area contributed by atoms with E-state index in [2.05, 4.69) is 17.6 Å². The van der Waals surface area contributed by atoms with Gasteiger partial charge in [0, 0.05) is 33.5 Å². The first-order valence-corrected chi connectivity index (χ1v) is 9.47. The number of aliphatic hydroxyl groups is 1. The first-order valence-electron chi connectivity index (χ1n) is 9.47. The molecule has 1 aromatic rings. The van der Waals surface area contributed by atoms with Crippen molar-refractivity contribution in [2.24, 2.45) is 0 Å². The van der Waals surface area contributed by atoms with Crippen LogP contribution in [0.5, 0.6) is 0 Å². The lowest BCUT2D eigenvalue weighted by atomic mass is 10.0. The first-order chi connectivity index (χ1) is 13.0. The topological polar surface area (TPSA) is 100 Å². The Kier molecular flexibility index (Phi) is 16.6. The fraction of sp³-hybridized carbons (Fsp3) is 0.650. The average molecular weight is 385 g/mol. The largest absolute Gasteiger partial charge is 0.465 e. The fourth-order valence-electron chi connectivity index (χ4n) is 2.38. The smallest absolute Gasteiger partial charge is 0.404 e. The molecule has 2 rings (SSSR count). The number of ether oxygens (including phenoxy) is 2. The van der Waals surface area contributed by atoms with Crippen molar-refractivity contribution in [2.45, 2.75) is 44.8 Å². The van der Waals surface area contributed by atoms with Gasteiger partial charge in [-0.15, -0.1) is 0 Å². The van der Waals surface area contributed by atoms with E-state index in [1.165, 1.54) is 12.8 Å². The molecule has 1 heterocycles. The highest BCUT2D eigenvalue weighted by atomic mass is 16.5. The van der Waals surface area contributed by atoms with Crippen LogP contribution in [0.15, 0.2) is 30.3 Å². The monoisotopic (exact) mass is 384 g/mol. The van der Waals surface area contributed by atoms with E-state index >= 15 is 0 Å². The molecule has 0 radical (unpaired) electrons. The van der Waals surface area contributed by atoms with Gasteiger partial charge in [0.15, 0.2) is 0 Å².